The molecule has 1 aromatic carbocycles. The summed E-state index contributed by atoms with van der Waals surface area (Å²) in [5.41, 5.74) is 1.25. The Balaban J connectivity index is 2.23. The summed E-state index contributed by atoms with van der Waals surface area (Å²) in [5.74, 6) is -0.746. The first kappa shape index (κ1) is 15.9. The predicted octanol–water partition coefficient (Wildman–Crippen LogP) is 2.47. The van der Waals surface area contributed by atoms with E-state index in [1.165, 1.54) is 12.1 Å². The number of benzene rings is 1. The number of hydrogen-bond acceptors (Lipinski definition) is 5. The fraction of sp³-hybridized carbons (Fsp3) is 0.400. The molecule has 0 aromatic heterocycles. The Morgan fingerprint density at radius 2 is 2.18 bits per heavy atom. The van der Waals surface area contributed by atoms with Gasteiger partial charge in [-0.3, -0.25) is 10.1 Å². The van der Waals surface area contributed by atoms with Crippen LogP contribution in [-0.2, 0) is 16.1 Å². The smallest absolute Gasteiger partial charge is 0.328 e. The summed E-state index contributed by atoms with van der Waals surface area (Å²) in [6.45, 7) is 2.27. The van der Waals surface area contributed by atoms with E-state index in [4.69, 9.17) is 4.74 Å². The molecule has 22 heavy (non-hydrogen) atoms. The highest BCUT2D eigenvalue weighted by Crippen LogP contribution is 2.30. The van der Waals surface area contributed by atoms with E-state index in [1.807, 2.05) is 0 Å². The molecule has 7 heteroatoms. The van der Waals surface area contributed by atoms with Gasteiger partial charge in [-0.15, -0.1) is 0 Å². The standard InChI is InChI=1S/C15H17FN2O4/c1-2-22-15(19)14-8-7-13(10-18(20)21)17(14)9-11-3-5-12(16)6-4-11/h3-6,10,14H,2,7-9H2,1H3/b13-10+. The lowest BCUT2D eigenvalue weighted by Crippen LogP contribution is -2.36. The Hall–Kier alpha value is -2.44. The zero-order chi connectivity index (χ0) is 16.1. The first-order valence-electron chi connectivity index (χ1n) is 7.03. The molecule has 0 radical (unpaired) electrons. The van der Waals surface area contributed by atoms with Crippen LogP contribution in [0.4, 0.5) is 4.39 Å². The minimum absolute atomic E-state index is 0.258. The summed E-state index contributed by atoms with van der Waals surface area (Å²) in [6, 6.07) is 5.29. The number of allylic oxidation sites excluding steroid dienone is 1. The second-order valence-electron chi connectivity index (χ2n) is 4.97. The summed E-state index contributed by atoms with van der Waals surface area (Å²) >= 11 is 0. The van der Waals surface area contributed by atoms with E-state index >= 15 is 0 Å². The third-order valence-corrected chi connectivity index (χ3v) is 3.50. The Bertz CT molecular complexity index is 586. The van der Waals surface area contributed by atoms with Crippen LogP contribution in [0.15, 0.2) is 36.2 Å². The quantitative estimate of drug-likeness (QED) is 0.474. The second kappa shape index (κ2) is 7.02. The van der Waals surface area contributed by atoms with Gasteiger partial charge in [0.25, 0.3) is 6.20 Å². The van der Waals surface area contributed by atoms with Gasteiger partial charge in [-0.1, -0.05) is 12.1 Å². The van der Waals surface area contributed by atoms with E-state index in [1.54, 1.807) is 24.0 Å². The first-order chi connectivity index (χ1) is 10.5. The number of halogens is 1. The normalized spacial score (nSPS) is 19.5. The first-order valence-corrected chi connectivity index (χ1v) is 7.03. The van der Waals surface area contributed by atoms with Gasteiger partial charge in [0.2, 0.25) is 0 Å². The lowest BCUT2D eigenvalue weighted by atomic mass is 10.2. The number of nitro groups is 1. The van der Waals surface area contributed by atoms with E-state index in [0.717, 1.165) is 11.8 Å². The number of hydrogen-bond donors (Lipinski definition) is 0. The summed E-state index contributed by atoms with van der Waals surface area (Å²) in [6.07, 6.45) is 1.83. The molecule has 6 nitrogen and oxygen atoms in total. The van der Waals surface area contributed by atoms with Gasteiger partial charge in [0.15, 0.2) is 0 Å². The van der Waals surface area contributed by atoms with Gasteiger partial charge < -0.3 is 9.64 Å². The predicted molar refractivity (Wildman–Crippen MR) is 76.7 cm³/mol. The van der Waals surface area contributed by atoms with Crippen LogP contribution >= 0.6 is 0 Å². The van der Waals surface area contributed by atoms with Crippen LogP contribution < -0.4 is 0 Å². The van der Waals surface area contributed by atoms with E-state index < -0.39 is 16.9 Å². The molecule has 1 fully saturated rings. The van der Waals surface area contributed by atoms with Crippen molar-refractivity contribution in [2.45, 2.75) is 32.4 Å². The summed E-state index contributed by atoms with van der Waals surface area (Å²) < 4.78 is 18.0. The van der Waals surface area contributed by atoms with Crippen molar-refractivity contribution in [2.75, 3.05) is 6.61 Å². The van der Waals surface area contributed by atoms with Crippen molar-refractivity contribution in [2.24, 2.45) is 0 Å². The van der Waals surface area contributed by atoms with E-state index in [-0.39, 0.29) is 12.4 Å². The highest BCUT2D eigenvalue weighted by atomic mass is 19.1. The molecule has 118 valence electrons. The lowest BCUT2D eigenvalue weighted by molar-refractivity contribution is -0.404. The largest absolute Gasteiger partial charge is 0.464 e. The van der Waals surface area contributed by atoms with E-state index in [9.17, 15) is 19.3 Å². The number of rotatable bonds is 5. The Kier molecular flexibility index (Phi) is 5.08. The molecular weight excluding hydrogens is 291 g/mol. The molecule has 0 aliphatic carbocycles. The molecule has 1 aromatic rings. The van der Waals surface area contributed by atoms with Crippen molar-refractivity contribution in [3.05, 3.63) is 57.7 Å². The van der Waals surface area contributed by atoms with Crippen molar-refractivity contribution in [3.63, 3.8) is 0 Å². The molecular formula is C15H17FN2O4. The van der Waals surface area contributed by atoms with Crippen molar-refractivity contribution in [1.29, 1.82) is 0 Å². The minimum atomic E-state index is -0.545. The monoisotopic (exact) mass is 308 g/mol. The molecule has 0 bridgehead atoms. The molecule has 1 atom stereocenters. The van der Waals surface area contributed by atoms with Gasteiger partial charge >= 0.3 is 5.97 Å². The fourth-order valence-electron chi connectivity index (χ4n) is 2.53. The van der Waals surface area contributed by atoms with Gasteiger partial charge in [0.1, 0.15) is 11.9 Å². The van der Waals surface area contributed by atoms with Crippen LogP contribution in [-0.4, -0.2) is 28.4 Å². The third kappa shape index (κ3) is 3.81. The van der Waals surface area contributed by atoms with E-state index in [0.29, 0.717) is 25.1 Å². The van der Waals surface area contributed by atoms with Crippen LogP contribution in [0.25, 0.3) is 0 Å². The van der Waals surface area contributed by atoms with Crippen molar-refractivity contribution in [3.8, 4) is 0 Å². The van der Waals surface area contributed by atoms with Gasteiger partial charge in [0, 0.05) is 6.54 Å². The summed E-state index contributed by atoms with van der Waals surface area (Å²) in [7, 11) is 0. The Morgan fingerprint density at radius 3 is 2.77 bits per heavy atom. The fourth-order valence-corrected chi connectivity index (χ4v) is 2.53. The average molecular weight is 308 g/mol. The molecule has 1 aliphatic heterocycles. The molecule has 1 saturated heterocycles. The second-order valence-corrected chi connectivity index (χ2v) is 4.97. The zero-order valence-electron chi connectivity index (χ0n) is 12.2. The number of likely N-dealkylation sites (tertiary alicyclic amines) is 1. The molecule has 2 rings (SSSR count). The zero-order valence-corrected chi connectivity index (χ0v) is 12.2. The minimum Gasteiger partial charge on any atom is -0.464 e. The number of nitrogens with zero attached hydrogens (tertiary/aromatic N) is 2. The van der Waals surface area contributed by atoms with Crippen LogP contribution in [0.5, 0.6) is 0 Å². The summed E-state index contributed by atoms with van der Waals surface area (Å²) in [5, 5.41) is 10.7. The molecule has 0 N–H and O–H groups in total. The van der Waals surface area contributed by atoms with Crippen LogP contribution in [0, 0.1) is 15.9 Å². The molecule has 1 aliphatic rings. The van der Waals surface area contributed by atoms with Gasteiger partial charge in [0.05, 0.1) is 17.2 Å². The molecule has 0 saturated carbocycles. The molecule has 0 amide bonds. The third-order valence-electron chi connectivity index (χ3n) is 3.50. The lowest BCUT2D eigenvalue weighted by Gasteiger charge is -2.25. The highest BCUT2D eigenvalue weighted by molar-refractivity contribution is 5.76. The Labute approximate surface area is 127 Å². The molecule has 1 heterocycles. The van der Waals surface area contributed by atoms with Crippen LogP contribution in [0.2, 0.25) is 0 Å². The Morgan fingerprint density at radius 1 is 1.50 bits per heavy atom. The number of ether oxygens (including phenoxy) is 1. The van der Waals surface area contributed by atoms with Gasteiger partial charge in [-0.25, -0.2) is 9.18 Å². The number of carbonyl (C=O) groups excluding carboxylic acids is 1. The average Bonchev–Trinajstić information content (AvgIpc) is 2.84. The van der Waals surface area contributed by atoms with Crippen molar-refractivity contribution < 1.29 is 18.8 Å². The molecule has 1 unspecified atom stereocenters. The van der Waals surface area contributed by atoms with Crippen molar-refractivity contribution >= 4 is 5.97 Å². The van der Waals surface area contributed by atoms with Gasteiger partial charge in [-0.05, 0) is 37.5 Å². The SMILES string of the molecule is CCOC(=O)C1CC/C(=C\[N+](=O)[O-])N1Cc1ccc(F)cc1. The maximum Gasteiger partial charge on any atom is 0.328 e. The van der Waals surface area contributed by atoms with Crippen LogP contribution in [0.3, 0.4) is 0 Å². The maximum atomic E-state index is 13.0. The topological polar surface area (TPSA) is 72.7 Å². The van der Waals surface area contributed by atoms with Gasteiger partial charge in [-0.2, -0.15) is 0 Å². The van der Waals surface area contributed by atoms with E-state index in [2.05, 4.69) is 0 Å². The molecule has 0 spiro atoms. The highest BCUT2D eigenvalue weighted by Gasteiger charge is 2.36. The van der Waals surface area contributed by atoms with Crippen molar-refractivity contribution in [1.82, 2.24) is 4.90 Å². The number of carbonyl (C=O) groups is 1. The van der Waals surface area contributed by atoms with Crippen LogP contribution in [0.1, 0.15) is 25.3 Å². The summed E-state index contributed by atoms with van der Waals surface area (Å²) in [4.78, 5) is 23.9. The number of esters is 1. The maximum absolute atomic E-state index is 13.0.